The third-order valence-corrected chi connectivity index (χ3v) is 4.15. The predicted molar refractivity (Wildman–Crippen MR) is 74.5 cm³/mol. The van der Waals surface area contributed by atoms with Gasteiger partial charge in [-0.05, 0) is 13.0 Å². The number of hydrogen-bond acceptors (Lipinski definition) is 4. The molecule has 0 amide bonds. The third kappa shape index (κ3) is 2.61. The van der Waals surface area contributed by atoms with Crippen molar-refractivity contribution in [3.8, 4) is 5.75 Å². The van der Waals surface area contributed by atoms with E-state index in [1.807, 2.05) is 6.07 Å². The Bertz CT molecular complexity index is 438. The van der Waals surface area contributed by atoms with E-state index in [4.69, 9.17) is 15.2 Å². The summed E-state index contributed by atoms with van der Waals surface area (Å²) in [5.74, 6) is 1.51. The van der Waals surface area contributed by atoms with E-state index in [-0.39, 0.29) is 6.10 Å². The van der Waals surface area contributed by atoms with E-state index >= 15 is 0 Å². The maximum atomic E-state index is 5.76. The van der Waals surface area contributed by atoms with Gasteiger partial charge in [0.2, 0.25) is 0 Å². The Hall–Kier alpha value is -1.10. The van der Waals surface area contributed by atoms with Crippen LogP contribution in [0, 0.1) is 0 Å². The van der Waals surface area contributed by atoms with Gasteiger partial charge in [0, 0.05) is 37.2 Å². The van der Waals surface area contributed by atoms with Crippen molar-refractivity contribution in [2.75, 3.05) is 32.8 Å². The van der Waals surface area contributed by atoms with Crippen LogP contribution in [-0.2, 0) is 4.74 Å². The first-order valence-corrected chi connectivity index (χ1v) is 7.05. The van der Waals surface area contributed by atoms with Crippen molar-refractivity contribution in [2.45, 2.75) is 25.0 Å². The van der Waals surface area contributed by atoms with Crippen molar-refractivity contribution < 1.29 is 9.47 Å². The van der Waals surface area contributed by atoms with Gasteiger partial charge in [-0.25, -0.2) is 0 Å². The number of para-hydroxylation sites is 1. The van der Waals surface area contributed by atoms with E-state index in [1.165, 1.54) is 5.56 Å². The Morgan fingerprint density at radius 2 is 2.16 bits per heavy atom. The van der Waals surface area contributed by atoms with Crippen LogP contribution in [0.5, 0.6) is 5.75 Å². The molecule has 104 valence electrons. The Labute approximate surface area is 114 Å². The number of morpholine rings is 1. The molecule has 0 spiro atoms. The first kappa shape index (κ1) is 12.9. The fourth-order valence-corrected chi connectivity index (χ4v) is 2.94. The van der Waals surface area contributed by atoms with Gasteiger partial charge in [-0.2, -0.15) is 0 Å². The van der Waals surface area contributed by atoms with Crippen LogP contribution < -0.4 is 10.5 Å². The lowest BCUT2D eigenvalue weighted by molar-refractivity contribution is -0.0556. The number of nitrogens with two attached hydrogens (primary N) is 1. The molecule has 0 aliphatic carbocycles. The SMILES string of the molecule is CC1COC(CN)CN1CC1COc2ccccc21. The van der Waals surface area contributed by atoms with Crippen molar-refractivity contribution in [1.82, 2.24) is 4.90 Å². The summed E-state index contributed by atoms with van der Waals surface area (Å²) in [5.41, 5.74) is 7.06. The number of benzene rings is 1. The minimum Gasteiger partial charge on any atom is -0.493 e. The van der Waals surface area contributed by atoms with Crippen LogP contribution in [0.3, 0.4) is 0 Å². The summed E-state index contributed by atoms with van der Waals surface area (Å²) in [4.78, 5) is 2.48. The van der Waals surface area contributed by atoms with Gasteiger partial charge < -0.3 is 15.2 Å². The van der Waals surface area contributed by atoms with E-state index in [1.54, 1.807) is 0 Å². The van der Waals surface area contributed by atoms with Crippen LogP contribution in [-0.4, -0.2) is 49.9 Å². The fourth-order valence-electron chi connectivity index (χ4n) is 2.94. The molecular weight excluding hydrogens is 240 g/mol. The minimum atomic E-state index is 0.175. The van der Waals surface area contributed by atoms with Crippen molar-refractivity contribution >= 4 is 0 Å². The summed E-state index contributed by atoms with van der Waals surface area (Å²) >= 11 is 0. The number of nitrogens with zero attached hydrogens (tertiary/aromatic N) is 1. The van der Waals surface area contributed by atoms with E-state index in [2.05, 4.69) is 30.0 Å². The fraction of sp³-hybridized carbons (Fsp3) is 0.600. The third-order valence-electron chi connectivity index (χ3n) is 4.15. The molecule has 1 aromatic carbocycles. The van der Waals surface area contributed by atoms with Crippen LogP contribution in [0.1, 0.15) is 18.4 Å². The Kier molecular flexibility index (Phi) is 3.73. The molecule has 2 N–H and O–H groups in total. The summed E-state index contributed by atoms with van der Waals surface area (Å²) in [6.45, 7) is 6.33. The minimum absolute atomic E-state index is 0.175. The van der Waals surface area contributed by atoms with Gasteiger partial charge in [0.05, 0.1) is 19.3 Å². The molecular formula is C15H22N2O2. The molecule has 0 bridgehead atoms. The quantitative estimate of drug-likeness (QED) is 0.889. The molecule has 2 aliphatic rings. The summed E-state index contributed by atoms with van der Waals surface area (Å²) in [7, 11) is 0. The molecule has 0 saturated carbocycles. The first-order valence-electron chi connectivity index (χ1n) is 7.05. The standard InChI is InChI=1S/C15H22N2O2/c1-11-9-18-13(6-16)8-17(11)7-12-10-19-15-5-3-2-4-14(12)15/h2-5,11-13H,6-10,16H2,1H3. The number of fused-ring (bicyclic) bond motifs is 1. The van der Waals surface area contributed by atoms with Gasteiger partial charge in [0.25, 0.3) is 0 Å². The maximum absolute atomic E-state index is 5.76. The summed E-state index contributed by atoms with van der Waals surface area (Å²) in [6, 6.07) is 8.81. The van der Waals surface area contributed by atoms with Crippen LogP contribution in [0.25, 0.3) is 0 Å². The largest absolute Gasteiger partial charge is 0.493 e. The Morgan fingerprint density at radius 1 is 1.32 bits per heavy atom. The molecule has 0 aromatic heterocycles. The Balaban J connectivity index is 1.68. The zero-order valence-electron chi connectivity index (χ0n) is 11.4. The van der Waals surface area contributed by atoms with E-state index < -0.39 is 0 Å². The predicted octanol–water partition coefficient (Wildman–Crippen LogP) is 1.21. The molecule has 2 aliphatic heterocycles. The number of rotatable bonds is 3. The molecule has 19 heavy (non-hydrogen) atoms. The lowest BCUT2D eigenvalue weighted by Gasteiger charge is -2.38. The van der Waals surface area contributed by atoms with E-state index in [0.29, 0.717) is 18.5 Å². The van der Waals surface area contributed by atoms with Crippen molar-refractivity contribution in [3.63, 3.8) is 0 Å². The monoisotopic (exact) mass is 262 g/mol. The van der Waals surface area contributed by atoms with Crippen LogP contribution in [0.15, 0.2) is 24.3 Å². The second-order valence-corrected chi connectivity index (χ2v) is 5.54. The molecule has 1 fully saturated rings. The van der Waals surface area contributed by atoms with Gasteiger partial charge in [0.1, 0.15) is 5.75 Å². The molecule has 3 unspecified atom stereocenters. The maximum Gasteiger partial charge on any atom is 0.122 e. The molecule has 3 rings (SSSR count). The smallest absolute Gasteiger partial charge is 0.122 e. The molecule has 0 radical (unpaired) electrons. The van der Waals surface area contributed by atoms with Crippen LogP contribution in [0.2, 0.25) is 0 Å². The summed E-state index contributed by atoms with van der Waals surface area (Å²) < 4.78 is 11.5. The highest BCUT2D eigenvalue weighted by molar-refractivity contribution is 5.39. The molecule has 4 nitrogen and oxygen atoms in total. The van der Waals surface area contributed by atoms with Crippen molar-refractivity contribution in [1.29, 1.82) is 0 Å². The van der Waals surface area contributed by atoms with Crippen LogP contribution >= 0.6 is 0 Å². The normalized spacial score (nSPS) is 30.9. The van der Waals surface area contributed by atoms with Gasteiger partial charge in [-0.1, -0.05) is 18.2 Å². The summed E-state index contributed by atoms with van der Waals surface area (Å²) in [5, 5.41) is 0. The van der Waals surface area contributed by atoms with Gasteiger partial charge in [-0.3, -0.25) is 4.90 Å². The average Bonchev–Trinajstić information content (AvgIpc) is 2.85. The number of hydrogen-bond donors (Lipinski definition) is 1. The highest BCUT2D eigenvalue weighted by Gasteiger charge is 2.31. The molecule has 1 aromatic rings. The summed E-state index contributed by atoms with van der Waals surface area (Å²) in [6.07, 6.45) is 0.175. The highest BCUT2D eigenvalue weighted by atomic mass is 16.5. The van der Waals surface area contributed by atoms with E-state index in [0.717, 1.165) is 32.1 Å². The topological polar surface area (TPSA) is 47.7 Å². The molecule has 2 heterocycles. The highest BCUT2D eigenvalue weighted by Crippen LogP contribution is 2.34. The average molecular weight is 262 g/mol. The van der Waals surface area contributed by atoms with Crippen molar-refractivity contribution in [3.05, 3.63) is 29.8 Å². The van der Waals surface area contributed by atoms with Gasteiger partial charge in [0.15, 0.2) is 0 Å². The molecule has 4 heteroatoms. The lowest BCUT2D eigenvalue weighted by atomic mass is 9.99. The van der Waals surface area contributed by atoms with Crippen LogP contribution in [0.4, 0.5) is 0 Å². The van der Waals surface area contributed by atoms with E-state index in [9.17, 15) is 0 Å². The molecule has 1 saturated heterocycles. The molecule has 3 atom stereocenters. The van der Waals surface area contributed by atoms with Crippen molar-refractivity contribution in [2.24, 2.45) is 5.73 Å². The first-order chi connectivity index (χ1) is 9.28. The number of ether oxygens (including phenoxy) is 2. The zero-order chi connectivity index (χ0) is 13.2. The van der Waals surface area contributed by atoms with Gasteiger partial charge in [-0.15, -0.1) is 0 Å². The van der Waals surface area contributed by atoms with Gasteiger partial charge >= 0.3 is 0 Å². The lowest BCUT2D eigenvalue weighted by Crippen LogP contribution is -2.51. The zero-order valence-corrected chi connectivity index (χ0v) is 11.4. The second kappa shape index (κ2) is 5.49. The second-order valence-electron chi connectivity index (χ2n) is 5.54. The Morgan fingerprint density at radius 3 is 3.00 bits per heavy atom.